The van der Waals surface area contributed by atoms with Crippen LogP contribution in [0.4, 0.5) is 4.79 Å². The van der Waals surface area contributed by atoms with E-state index in [1.54, 1.807) is 0 Å². The quantitative estimate of drug-likeness (QED) is 0.819. The van der Waals surface area contributed by atoms with Gasteiger partial charge >= 0.3 is 6.09 Å². The Morgan fingerprint density at radius 2 is 1.86 bits per heavy atom. The molecule has 0 spiro atoms. The van der Waals surface area contributed by atoms with Crippen LogP contribution in [0.2, 0.25) is 0 Å². The Morgan fingerprint density at radius 3 is 2.38 bits per heavy atom. The van der Waals surface area contributed by atoms with E-state index in [-0.39, 0.29) is 0 Å². The first-order valence-corrected chi connectivity index (χ1v) is 7.02. The summed E-state index contributed by atoms with van der Waals surface area (Å²) >= 11 is 0. The highest BCUT2D eigenvalue weighted by atomic mass is 16.6. The lowest BCUT2D eigenvalue weighted by atomic mass is 9.81. The van der Waals surface area contributed by atoms with E-state index in [0.717, 1.165) is 11.1 Å². The summed E-state index contributed by atoms with van der Waals surface area (Å²) < 4.78 is 5.26. The van der Waals surface area contributed by atoms with Gasteiger partial charge in [-0.1, -0.05) is 31.2 Å². The van der Waals surface area contributed by atoms with Crippen LogP contribution in [0, 0.1) is 6.92 Å². The number of rotatable bonds is 5. The molecule has 1 amide bonds. The number of carbonyl (C=O) groups excluding carboxylic acids is 1. The summed E-state index contributed by atoms with van der Waals surface area (Å²) in [5.41, 5.74) is 1.28. The Hall–Kier alpha value is -1.59. The lowest BCUT2D eigenvalue weighted by molar-refractivity contribution is 0.0476. The smallest absolute Gasteiger partial charge is 0.407 e. The number of hydrogen-bond donors (Lipinski definition) is 2. The van der Waals surface area contributed by atoms with Crippen molar-refractivity contribution in [1.29, 1.82) is 0 Å². The third-order valence-corrected chi connectivity index (χ3v) is 3.22. The van der Waals surface area contributed by atoms with E-state index in [9.17, 15) is 4.79 Å². The van der Waals surface area contributed by atoms with Gasteiger partial charge in [-0.25, -0.2) is 10.7 Å². The minimum Gasteiger partial charge on any atom is -0.444 e. The van der Waals surface area contributed by atoms with Crippen LogP contribution in [-0.2, 0) is 15.0 Å². The van der Waals surface area contributed by atoms with E-state index in [1.807, 2.05) is 58.9 Å². The molecule has 0 aromatic heterocycles. The Morgan fingerprint density at radius 1 is 1.24 bits per heavy atom. The van der Waals surface area contributed by atoms with Crippen molar-refractivity contribution in [2.45, 2.75) is 45.6 Å². The van der Waals surface area contributed by atoms with Gasteiger partial charge in [-0.05, 0) is 38.8 Å². The Balaban J connectivity index is 2.83. The Labute approximate surface area is 126 Å². The summed E-state index contributed by atoms with van der Waals surface area (Å²) in [5, 5.41) is 2.79. The van der Waals surface area contributed by atoms with Crippen molar-refractivity contribution in [3.63, 3.8) is 0 Å². The topological polar surface area (TPSA) is 73.6 Å². The summed E-state index contributed by atoms with van der Waals surface area (Å²) in [6.45, 7) is 10.2. The third kappa shape index (κ3) is 5.36. The molecule has 3 N–H and O–H groups in total. The molecule has 5 nitrogen and oxygen atoms in total. The van der Waals surface area contributed by atoms with Gasteiger partial charge in [0.2, 0.25) is 0 Å². The predicted molar refractivity (Wildman–Crippen MR) is 82.9 cm³/mol. The van der Waals surface area contributed by atoms with Crippen LogP contribution in [0.5, 0.6) is 0 Å². The van der Waals surface area contributed by atoms with E-state index in [4.69, 9.17) is 15.5 Å². The van der Waals surface area contributed by atoms with E-state index >= 15 is 0 Å². The average Bonchev–Trinajstić information content (AvgIpc) is 2.35. The molecule has 0 bridgehead atoms. The summed E-state index contributed by atoms with van der Waals surface area (Å²) in [4.78, 5) is 16.7. The van der Waals surface area contributed by atoms with Crippen LogP contribution < -0.4 is 11.2 Å². The zero-order valence-corrected chi connectivity index (χ0v) is 13.5. The molecular formula is C16H26N2O3. The average molecular weight is 294 g/mol. The molecular weight excluding hydrogens is 268 g/mol. The van der Waals surface area contributed by atoms with E-state index in [1.165, 1.54) is 0 Å². The molecule has 0 aliphatic heterocycles. The van der Waals surface area contributed by atoms with Gasteiger partial charge in [-0.15, -0.1) is 0 Å². The van der Waals surface area contributed by atoms with Gasteiger partial charge in [0.1, 0.15) is 5.60 Å². The first-order valence-electron chi connectivity index (χ1n) is 7.02. The molecule has 0 saturated heterocycles. The van der Waals surface area contributed by atoms with Crippen molar-refractivity contribution in [2.24, 2.45) is 5.90 Å². The highest BCUT2D eigenvalue weighted by molar-refractivity contribution is 5.67. The highest BCUT2D eigenvalue weighted by Crippen LogP contribution is 2.26. The molecule has 0 saturated carbocycles. The SMILES string of the molecule is Cc1ccccc1C(C)(CNC(=O)OC(C)(C)C)CON. The zero-order chi connectivity index (χ0) is 16.1. The van der Waals surface area contributed by atoms with Gasteiger partial charge in [0, 0.05) is 12.0 Å². The molecule has 0 aliphatic rings. The minimum atomic E-state index is -0.520. The van der Waals surface area contributed by atoms with Crippen LogP contribution in [0.3, 0.4) is 0 Å². The summed E-state index contributed by atoms with van der Waals surface area (Å²) in [7, 11) is 0. The van der Waals surface area contributed by atoms with Crippen LogP contribution in [0.1, 0.15) is 38.8 Å². The van der Waals surface area contributed by atoms with Gasteiger partial charge in [0.15, 0.2) is 0 Å². The fourth-order valence-electron chi connectivity index (χ4n) is 2.24. The maximum absolute atomic E-state index is 11.8. The molecule has 0 aliphatic carbocycles. The Kier molecular flexibility index (Phi) is 5.75. The lowest BCUT2D eigenvalue weighted by Crippen LogP contribution is -2.44. The number of aryl methyl sites for hydroxylation is 1. The maximum atomic E-state index is 11.8. The second-order valence-electron chi connectivity index (χ2n) is 6.54. The first-order chi connectivity index (χ1) is 9.68. The van der Waals surface area contributed by atoms with Crippen molar-refractivity contribution in [2.75, 3.05) is 13.2 Å². The molecule has 1 aromatic rings. The van der Waals surface area contributed by atoms with Gasteiger partial charge in [-0.3, -0.25) is 0 Å². The van der Waals surface area contributed by atoms with Crippen molar-refractivity contribution in [3.05, 3.63) is 35.4 Å². The number of benzene rings is 1. The van der Waals surface area contributed by atoms with E-state index in [2.05, 4.69) is 5.32 Å². The molecule has 21 heavy (non-hydrogen) atoms. The van der Waals surface area contributed by atoms with Crippen LogP contribution in [0.25, 0.3) is 0 Å². The van der Waals surface area contributed by atoms with Crippen LogP contribution in [-0.4, -0.2) is 24.8 Å². The number of nitrogens with two attached hydrogens (primary N) is 1. The summed E-state index contributed by atoms with van der Waals surface area (Å²) in [5.74, 6) is 5.27. The third-order valence-electron chi connectivity index (χ3n) is 3.22. The monoisotopic (exact) mass is 294 g/mol. The lowest BCUT2D eigenvalue weighted by Gasteiger charge is -2.31. The number of amides is 1. The molecule has 0 radical (unpaired) electrons. The second kappa shape index (κ2) is 6.91. The largest absolute Gasteiger partial charge is 0.444 e. The fourth-order valence-corrected chi connectivity index (χ4v) is 2.24. The minimum absolute atomic E-state index is 0.299. The number of hydrogen-bond acceptors (Lipinski definition) is 4. The van der Waals surface area contributed by atoms with Gasteiger partial charge in [-0.2, -0.15) is 0 Å². The van der Waals surface area contributed by atoms with E-state index in [0.29, 0.717) is 13.2 Å². The molecule has 1 rings (SSSR count). The predicted octanol–water partition coefficient (Wildman–Crippen LogP) is 2.67. The zero-order valence-electron chi connectivity index (χ0n) is 13.5. The van der Waals surface area contributed by atoms with Crippen molar-refractivity contribution < 1.29 is 14.4 Å². The first kappa shape index (κ1) is 17.5. The van der Waals surface area contributed by atoms with Crippen molar-refractivity contribution >= 4 is 6.09 Å². The molecule has 1 aromatic carbocycles. The van der Waals surface area contributed by atoms with Gasteiger partial charge < -0.3 is 14.9 Å². The maximum Gasteiger partial charge on any atom is 0.407 e. The highest BCUT2D eigenvalue weighted by Gasteiger charge is 2.30. The number of alkyl carbamates (subject to hydrolysis) is 1. The fraction of sp³-hybridized carbons (Fsp3) is 0.562. The van der Waals surface area contributed by atoms with Crippen LogP contribution >= 0.6 is 0 Å². The van der Waals surface area contributed by atoms with Crippen LogP contribution in [0.15, 0.2) is 24.3 Å². The molecule has 118 valence electrons. The molecule has 0 heterocycles. The number of ether oxygens (including phenoxy) is 1. The van der Waals surface area contributed by atoms with Gasteiger partial charge in [0.25, 0.3) is 0 Å². The van der Waals surface area contributed by atoms with Crippen molar-refractivity contribution in [1.82, 2.24) is 5.32 Å². The Bertz CT molecular complexity index is 483. The molecule has 5 heteroatoms. The second-order valence-corrected chi connectivity index (χ2v) is 6.54. The summed E-state index contributed by atoms with van der Waals surface area (Å²) in [6.07, 6.45) is -0.445. The van der Waals surface area contributed by atoms with Crippen molar-refractivity contribution in [3.8, 4) is 0 Å². The number of nitrogens with one attached hydrogen (secondary N) is 1. The molecule has 0 fully saturated rings. The molecule has 1 unspecified atom stereocenters. The molecule has 1 atom stereocenters. The standard InChI is InChI=1S/C16H26N2O3/c1-12-8-6-7-9-13(12)16(5,11-20-17)10-18-14(19)21-15(2,3)4/h6-9H,10-11,17H2,1-5H3,(H,18,19). The van der Waals surface area contributed by atoms with E-state index < -0.39 is 17.1 Å². The van der Waals surface area contributed by atoms with Gasteiger partial charge in [0.05, 0.1) is 6.61 Å². The normalized spacial score (nSPS) is 14.4. The number of carbonyl (C=O) groups is 1. The summed E-state index contributed by atoms with van der Waals surface area (Å²) in [6, 6.07) is 7.98.